The van der Waals surface area contributed by atoms with E-state index in [2.05, 4.69) is 13.5 Å². The lowest BCUT2D eigenvalue weighted by Crippen LogP contribution is -2.33. The fourth-order valence-corrected chi connectivity index (χ4v) is 4.33. The van der Waals surface area contributed by atoms with Gasteiger partial charge in [0.2, 0.25) is 0 Å². The first kappa shape index (κ1) is 12.2. The molecule has 18 heavy (non-hydrogen) atoms. The van der Waals surface area contributed by atoms with Crippen molar-refractivity contribution < 1.29 is 14.6 Å². The van der Waals surface area contributed by atoms with Crippen molar-refractivity contribution in [3.05, 3.63) is 12.2 Å². The normalized spacial score (nSPS) is 51.6. The highest BCUT2D eigenvalue weighted by Crippen LogP contribution is 2.52. The Morgan fingerprint density at radius 1 is 1.39 bits per heavy atom. The molecule has 1 heterocycles. The monoisotopic (exact) mass is 250 g/mol. The van der Waals surface area contributed by atoms with Crippen LogP contribution in [-0.2, 0) is 9.53 Å². The predicted molar refractivity (Wildman–Crippen MR) is 67.7 cm³/mol. The van der Waals surface area contributed by atoms with Gasteiger partial charge in [-0.15, -0.1) is 0 Å². The number of hydrogen-bond acceptors (Lipinski definition) is 3. The number of carbonyl (C=O) groups is 1. The molecule has 7 atom stereocenters. The molecule has 0 amide bonds. The predicted octanol–water partition coefficient (Wildman–Crippen LogP) is 2.15. The van der Waals surface area contributed by atoms with Gasteiger partial charge in [-0.2, -0.15) is 0 Å². The average molecular weight is 250 g/mol. The lowest BCUT2D eigenvalue weighted by atomic mass is 9.78. The highest BCUT2D eigenvalue weighted by atomic mass is 16.6. The third kappa shape index (κ3) is 1.56. The summed E-state index contributed by atoms with van der Waals surface area (Å²) in [6.45, 7) is 8.27. The number of esters is 1. The van der Waals surface area contributed by atoms with E-state index in [0.29, 0.717) is 11.8 Å². The molecule has 0 bridgehead atoms. The summed E-state index contributed by atoms with van der Waals surface area (Å²) in [6.07, 6.45) is 2.50. The van der Waals surface area contributed by atoms with E-state index in [-0.39, 0.29) is 35.9 Å². The van der Waals surface area contributed by atoms with Crippen LogP contribution in [0.4, 0.5) is 0 Å². The lowest BCUT2D eigenvalue weighted by Gasteiger charge is -2.29. The van der Waals surface area contributed by atoms with Crippen molar-refractivity contribution in [1.29, 1.82) is 0 Å². The summed E-state index contributed by atoms with van der Waals surface area (Å²) in [5, 5.41) is 10.1. The Bertz CT molecular complexity index is 389. The van der Waals surface area contributed by atoms with Gasteiger partial charge >= 0.3 is 5.97 Å². The summed E-state index contributed by atoms with van der Waals surface area (Å²) in [5.74, 6) is 1.08. The minimum absolute atomic E-state index is 0.00361. The second-order valence-electron chi connectivity index (χ2n) is 6.40. The maximum Gasteiger partial charge on any atom is 0.309 e. The number of allylic oxidation sites excluding steroid dienone is 1. The van der Waals surface area contributed by atoms with Gasteiger partial charge in [-0.05, 0) is 31.1 Å². The maximum atomic E-state index is 11.8. The van der Waals surface area contributed by atoms with Crippen molar-refractivity contribution in [2.24, 2.45) is 29.6 Å². The Morgan fingerprint density at radius 3 is 2.83 bits per heavy atom. The number of hydrogen-bond donors (Lipinski definition) is 1. The van der Waals surface area contributed by atoms with Crippen molar-refractivity contribution in [3.8, 4) is 0 Å². The number of aliphatic hydroxyl groups excluding tert-OH is 1. The van der Waals surface area contributed by atoms with E-state index in [9.17, 15) is 9.90 Å². The molecule has 100 valence electrons. The molecular formula is C15H22O3. The fourth-order valence-electron chi connectivity index (χ4n) is 4.33. The lowest BCUT2D eigenvalue weighted by molar-refractivity contribution is -0.146. The zero-order chi connectivity index (χ0) is 13.0. The van der Waals surface area contributed by atoms with E-state index < -0.39 is 0 Å². The molecule has 0 aromatic carbocycles. The van der Waals surface area contributed by atoms with Crippen molar-refractivity contribution in [1.82, 2.24) is 0 Å². The third-order valence-corrected chi connectivity index (χ3v) is 5.56. The highest BCUT2D eigenvalue weighted by molar-refractivity contribution is 5.75. The van der Waals surface area contributed by atoms with Gasteiger partial charge in [-0.25, -0.2) is 0 Å². The molecule has 3 nitrogen and oxygen atoms in total. The van der Waals surface area contributed by atoms with Crippen molar-refractivity contribution in [3.63, 3.8) is 0 Å². The first-order valence-corrected chi connectivity index (χ1v) is 7.07. The van der Waals surface area contributed by atoms with Crippen LogP contribution < -0.4 is 0 Å². The molecule has 1 N–H and O–H groups in total. The molecule has 0 spiro atoms. The molecule has 0 aromatic heterocycles. The summed E-state index contributed by atoms with van der Waals surface area (Å²) in [5.41, 5.74) is 1.25. The summed E-state index contributed by atoms with van der Waals surface area (Å²) in [6, 6.07) is 0. The molecule has 3 aliphatic rings. The average Bonchev–Trinajstić information content (AvgIpc) is 2.72. The van der Waals surface area contributed by atoms with Crippen LogP contribution >= 0.6 is 0 Å². The fraction of sp³-hybridized carbons (Fsp3) is 0.800. The number of fused-ring (bicyclic) bond motifs is 3. The van der Waals surface area contributed by atoms with Crippen LogP contribution in [-0.4, -0.2) is 23.3 Å². The summed E-state index contributed by atoms with van der Waals surface area (Å²) in [7, 11) is 0. The van der Waals surface area contributed by atoms with E-state index in [1.165, 1.54) is 5.57 Å². The van der Waals surface area contributed by atoms with Gasteiger partial charge in [0.05, 0.1) is 12.0 Å². The molecule has 0 aromatic rings. The van der Waals surface area contributed by atoms with E-state index in [4.69, 9.17) is 4.74 Å². The molecule has 2 saturated carbocycles. The topological polar surface area (TPSA) is 46.5 Å². The second kappa shape index (κ2) is 4.09. The molecule has 3 fully saturated rings. The minimum Gasteiger partial charge on any atom is -0.462 e. The van der Waals surface area contributed by atoms with Crippen molar-refractivity contribution in [2.45, 2.75) is 45.3 Å². The first-order valence-electron chi connectivity index (χ1n) is 7.07. The Balaban J connectivity index is 1.96. The van der Waals surface area contributed by atoms with Gasteiger partial charge in [0.1, 0.15) is 6.10 Å². The van der Waals surface area contributed by atoms with Crippen molar-refractivity contribution >= 4 is 5.97 Å². The number of rotatable bonds is 0. The van der Waals surface area contributed by atoms with Crippen molar-refractivity contribution in [2.75, 3.05) is 0 Å². The maximum absolute atomic E-state index is 11.8. The second-order valence-corrected chi connectivity index (χ2v) is 6.40. The SMILES string of the molecule is C=C1CC[C@@H]2[C@H](OC(=O)[C@H]2C)[C@H]2[C@H](C)[C@@H](O)C[C@@H]12. The van der Waals surface area contributed by atoms with Gasteiger partial charge in [-0.1, -0.05) is 26.0 Å². The number of aliphatic hydroxyl groups is 1. The molecule has 1 aliphatic heterocycles. The number of ether oxygens (including phenoxy) is 1. The van der Waals surface area contributed by atoms with Crippen LogP contribution in [0.5, 0.6) is 0 Å². The zero-order valence-corrected chi connectivity index (χ0v) is 11.1. The Hall–Kier alpha value is -0.830. The molecule has 2 aliphatic carbocycles. The summed E-state index contributed by atoms with van der Waals surface area (Å²) < 4.78 is 5.65. The quantitative estimate of drug-likeness (QED) is 0.529. The third-order valence-electron chi connectivity index (χ3n) is 5.56. The summed E-state index contributed by atoms with van der Waals surface area (Å²) >= 11 is 0. The van der Waals surface area contributed by atoms with Gasteiger partial charge < -0.3 is 9.84 Å². The Labute approximate surface area is 108 Å². The molecule has 1 saturated heterocycles. The largest absolute Gasteiger partial charge is 0.462 e. The standard InChI is InChI=1S/C15H22O3/c1-7-4-5-10-8(2)15(17)18-14(10)13-9(3)12(16)6-11(7)13/h8-14,16H,1,4-6H2,2-3H3/t8-,9+,10-,11-,12-,13-,14-/m0/s1. The molecule has 0 radical (unpaired) electrons. The molecular weight excluding hydrogens is 228 g/mol. The Morgan fingerprint density at radius 2 is 2.11 bits per heavy atom. The van der Waals surface area contributed by atoms with Crippen LogP contribution in [0.1, 0.15) is 33.1 Å². The van der Waals surface area contributed by atoms with Crippen LogP contribution in [0.2, 0.25) is 0 Å². The number of carbonyl (C=O) groups excluding carboxylic acids is 1. The first-order chi connectivity index (χ1) is 8.50. The highest BCUT2D eigenvalue weighted by Gasteiger charge is 2.55. The molecule has 3 heteroatoms. The van der Waals surface area contributed by atoms with Crippen LogP contribution in [0.3, 0.4) is 0 Å². The minimum atomic E-state index is -0.273. The zero-order valence-electron chi connectivity index (χ0n) is 11.1. The smallest absolute Gasteiger partial charge is 0.309 e. The Kier molecular flexibility index (Phi) is 2.77. The molecule has 3 rings (SSSR count). The van der Waals surface area contributed by atoms with Gasteiger partial charge in [0, 0.05) is 11.8 Å². The van der Waals surface area contributed by atoms with E-state index in [1.54, 1.807) is 0 Å². The summed E-state index contributed by atoms with van der Waals surface area (Å²) in [4.78, 5) is 11.8. The van der Waals surface area contributed by atoms with E-state index >= 15 is 0 Å². The van der Waals surface area contributed by atoms with Crippen LogP contribution in [0, 0.1) is 29.6 Å². The van der Waals surface area contributed by atoms with Crippen LogP contribution in [0.25, 0.3) is 0 Å². The van der Waals surface area contributed by atoms with Gasteiger partial charge in [0.15, 0.2) is 0 Å². The van der Waals surface area contributed by atoms with E-state index in [0.717, 1.165) is 19.3 Å². The molecule has 0 unspecified atom stereocenters. The van der Waals surface area contributed by atoms with Gasteiger partial charge in [-0.3, -0.25) is 4.79 Å². The van der Waals surface area contributed by atoms with E-state index in [1.807, 2.05) is 6.92 Å². The van der Waals surface area contributed by atoms with Crippen LogP contribution in [0.15, 0.2) is 12.2 Å². The van der Waals surface area contributed by atoms with Gasteiger partial charge in [0.25, 0.3) is 0 Å².